The highest BCUT2D eigenvalue weighted by Gasteiger charge is 2.27. The largest absolute Gasteiger partial charge is 0.398 e. The second kappa shape index (κ2) is 4.34. The summed E-state index contributed by atoms with van der Waals surface area (Å²) >= 11 is 5.96. The fourth-order valence-electron chi connectivity index (χ4n) is 2.06. The number of benzene rings is 1. The molecule has 0 radical (unpaired) electrons. The van der Waals surface area contributed by atoms with Crippen molar-refractivity contribution in [2.24, 2.45) is 5.92 Å². The predicted molar refractivity (Wildman–Crippen MR) is 65.5 cm³/mol. The summed E-state index contributed by atoms with van der Waals surface area (Å²) in [5, 5.41) is 3.35. The molecular weight excluding hydrogens is 224 g/mol. The quantitative estimate of drug-likeness (QED) is 0.778. The predicted octanol–water partition coefficient (Wildman–Crippen LogP) is 2.45. The molecule has 0 atom stereocenters. The number of rotatable bonds is 2. The number of nitrogen functional groups attached to an aromatic ring is 1. The van der Waals surface area contributed by atoms with E-state index in [-0.39, 0.29) is 11.9 Å². The normalized spacial score (nSPS) is 23.6. The number of anilines is 1. The van der Waals surface area contributed by atoms with Crippen molar-refractivity contribution in [3.05, 3.63) is 28.8 Å². The lowest BCUT2D eigenvalue weighted by atomic mass is 9.82. The van der Waals surface area contributed by atoms with Gasteiger partial charge >= 0.3 is 0 Å². The van der Waals surface area contributed by atoms with Gasteiger partial charge in [-0.3, -0.25) is 4.79 Å². The van der Waals surface area contributed by atoms with Crippen LogP contribution in [-0.2, 0) is 0 Å². The minimum Gasteiger partial charge on any atom is -0.398 e. The molecule has 1 aliphatic rings. The third-order valence-corrected chi connectivity index (χ3v) is 3.30. The molecule has 3 nitrogen and oxygen atoms in total. The number of hydrogen-bond donors (Lipinski definition) is 2. The van der Waals surface area contributed by atoms with Crippen LogP contribution in [0.25, 0.3) is 0 Å². The Kier molecular flexibility index (Phi) is 3.06. The molecule has 1 aromatic carbocycles. The lowest BCUT2D eigenvalue weighted by Gasteiger charge is -2.33. The molecule has 1 amide bonds. The van der Waals surface area contributed by atoms with Gasteiger partial charge in [0.1, 0.15) is 0 Å². The van der Waals surface area contributed by atoms with Crippen LogP contribution in [0.4, 0.5) is 5.69 Å². The molecule has 16 heavy (non-hydrogen) atoms. The maximum atomic E-state index is 11.9. The minimum absolute atomic E-state index is 0.167. The lowest BCUT2D eigenvalue weighted by molar-refractivity contribution is 0.0897. The summed E-state index contributed by atoms with van der Waals surface area (Å²) in [5.74, 6) is 0.536. The summed E-state index contributed by atoms with van der Waals surface area (Å²) in [7, 11) is 0. The Balaban J connectivity index is 2.09. The number of hydrogen-bond acceptors (Lipinski definition) is 2. The van der Waals surface area contributed by atoms with Crippen LogP contribution in [0.1, 0.15) is 30.1 Å². The van der Waals surface area contributed by atoms with Crippen molar-refractivity contribution < 1.29 is 4.79 Å². The number of amides is 1. The number of carbonyl (C=O) groups is 1. The Labute approximate surface area is 100.0 Å². The van der Waals surface area contributed by atoms with Crippen molar-refractivity contribution >= 4 is 23.2 Å². The number of halogens is 1. The summed E-state index contributed by atoms with van der Waals surface area (Å²) in [6, 6.07) is 5.37. The van der Waals surface area contributed by atoms with Gasteiger partial charge in [-0.2, -0.15) is 0 Å². The Morgan fingerprint density at radius 3 is 2.75 bits per heavy atom. The standard InChI is InChI=1S/C12H15ClN2O/c1-7-5-8(6-7)15-12(16)11-9(13)3-2-4-10(11)14/h2-4,7-8H,5-6,14H2,1H3,(H,15,16). The second-order valence-electron chi connectivity index (χ2n) is 4.45. The lowest BCUT2D eigenvalue weighted by Crippen LogP contribution is -2.43. The molecule has 86 valence electrons. The molecule has 0 spiro atoms. The van der Waals surface area contributed by atoms with E-state index in [0.717, 1.165) is 12.8 Å². The molecule has 0 aromatic heterocycles. The van der Waals surface area contributed by atoms with Gasteiger partial charge in [0, 0.05) is 11.7 Å². The first-order chi connectivity index (χ1) is 7.58. The molecule has 0 aliphatic heterocycles. The van der Waals surface area contributed by atoms with Crippen LogP contribution in [0.15, 0.2) is 18.2 Å². The zero-order valence-corrected chi connectivity index (χ0v) is 9.92. The van der Waals surface area contributed by atoms with Crippen LogP contribution in [-0.4, -0.2) is 11.9 Å². The van der Waals surface area contributed by atoms with E-state index in [1.165, 1.54) is 0 Å². The zero-order valence-electron chi connectivity index (χ0n) is 9.16. The first-order valence-electron chi connectivity index (χ1n) is 5.42. The van der Waals surface area contributed by atoms with Crippen LogP contribution in [0, 0.1) is 5.92 Å². The summed E-state index contributed by atoms with van der Waals surface area (Å²) in [6.45, 7) is 2.17. The molecular formula is C12H15ClN2O. The van der Waals surface area contributed by atoms with Gasteiger partial charge in [0.05, 0.1) is 10.6 Å². The van der Waals surface area contributed by atoms with E-state index in [0.29, 0.717) is 22.2 Å². The van der Waals surface area contributed by atoms with E-state index in [2.05, 4.69) is 12.2 Å². The highest BCUT2D eigenvalue weighted by Crippen LogP contribution is 2.28. The van der Waals surface area contributed by atoms with Gasteiger partial charge < -0.3 is 11.1 Å². The monoisotopic (exact) mass is 238 g/mol. The first-order valence-corrected chi connectivity index (χ1v) is 5.80. The van der Waals surface area contributed by atoms with E-state index >= 15 is 0 Å². The molecule has 1 fully saturated rings. The van der Waals surface area contributed by atoms with Crippen LogP contribution in [0.2, 0.25) is 5.02 Å². The van der Waals surface area contributed by atoms with Crippen molar-refractivity contribution in [2.45, 2.75) is 25.8 Å². The van der Waals surface area contributed by atoms with Gasteiger partial charge in [-0.25, -0.2) is 0 Å². The Morgan fingerprint density at radius 2 is 2.19 bits per heavy atom. The number of carbonyl (C=O) groups excluding carboxylic acids is 1. The van der Waals surface area contributed by atoms with E-state index in [4.69, 9.17) is 17.3 Å². The molecule has 0 unspecified atom stereocenters. The molecule has 3 N–H and O–H groups in total. The maximum absolute atomic E-state index is 11.9. The SMILES string of the molecule is CC1CC(NC(=O)c2c(N)cccc2Cl)C1. The molecule has 1 aliphatic carbocycles. The van der Waals surface area contributed by atoms with E-state index in [1.54, 1.807) is 18.2 Å². The van der Waals surface area contributed by atoms with Gasteiger partial charge in [-0.15, -0.1) is 0 Å². The van der Waals surface area contributed by atoms with Crippen LogP contribution < -0.4 is 11.1 Å². The van der Waals surface area contributed by atoms with Crippen LogP contribution in [0.3, 0.4) is 0 Å². The van der Waals surface area contributed by atoms with Crippen molar-refractivity contribution in [1.29, 1.82) is 0 Å². The average molecular weight is 239 g/mol. The molecule has 0 saturated heterocycles. The maximum Gasteiger partial charge on any atom is 0.255 e. The number of nitrogens with one attached hydrogen (secondary N) is 1. The Bertz CT molecular complexity index is 393. The molecule has 1 saturated carbocycles. The second-order valence-corrected chi connectivity index (χ2v) is 4.86. The summed E-state index contributed by atoms with van der Waals surface area (Å²) in [4.78, 5) is 11.9. The summed E-state index contributed by atoms with van der Waals surface area (Å²) in [5.41, 5.74) is 6.56. The van der Waals surface area contributed by atoms with Crippen molar-refractivity contribution in [3.63, 3.8) is 0 Å². The van der Waals surface area contributed by atoms with Gasteiger partial charge in [-0.1, -0.05) is 24.6 Å². The van der Waals surface area contributed by atoms with Crippen molar-refractivity contribution in [2.75, 3.05) is 5.73 Å². The van der Waals surface area contributed by atoms with Crippen molar-refractivity contribution in [1.82, 2.24) is 5.32 Å². The molecule has 4 heteroatoms. The minimum atomic E-state index is -0.167. The number of nitrogens with two attached hydrogens (primary N) is 1. The molecule has 0 bridgehead atoms. The van der Waals surface area contributed by atoms with E-state index < -0.39 is 0 Å². The fourth-order valence-corrected chi connectivity index (χ4v) is 2.33. The highest BCUT2D eigenvalue weighted by molar-refractivity contribution is 6.34. The molecule has 1 aromatic rings. The van der Waals surface area contributed by atoms with Crippen LogP contribution >= 0.6 is 11.6 Å². The topological polar surface area (TPSA) is 55.1 Å². The van der Waals surface area contributed by atoms with Gasteiger partial charge in [0.2, 0.25) is 0 Å². The molecule has 2 rings (SSSR count). The van der Waals surface area contributed by atoms with Gasteiger partial charge in [0.15, 0.2) is 0 Å². The zero-order chi connectivity index (χ0) is 11.7. The Morgan fingerprint density at radius 1 is 1.50 bits per heavy atom. The van der Waals surface area contributed by atoms with Gasteiger partial charge in [0.25, 0.3) is 5.91 Å². The average Bonchev–Trinajstić information content (AvgIpc) is 2.15. The highest BCUT2D eigenvalue weighted by atomic mass is 35.5. The third kappa shape index (κ3) is 2.14. The molecule has 0 heterocycles. The van der Waals surface area contributed by atoms with Crippen molar-refractivity contribution in [3.8, 4) is 0 Å². The summed E-state index contributed by atoms with van der Waals surface area (Å²) in [6.07, 6.45) is 2.08. The van der Waals surface area contributed by atoms with E-state index in [9.17, 15) is 4.79 Å². The van der Waals surface area contributed by atoms with E-state index in [1.807, 2.05) is 0 Å². The fraction of sp³-hybridized carbons (Fsp3) is 0.417. The first kappa shape index (κ1) is 11.3. The van der Waals surface area contributed by atoms with Gasteiger partial charge in [-0.05, 0) is 30.9 Å². The third-order valence-electron chi connectivity index (χ3n) is 2.98. The van der Waals surface area contributed by atoms with Crippen LogP contribution in [0.5, 0.6) is 0 Å². The summed E-state index contributed by atoms with van der Waals surface area (Å²) < 4.78 is 0. The Hall–Kier alpha value is -1.22. The smallest absolute Gasteiger partial charge is 0.255 e.